The van der Waals surface area contributed by atoms with Crippen LogP contribution < -0.4 is 11.1 Å². The van der Waals surface area contributed by atoms with Crippen molar-refractivity contribution in [3.05, 3.63) is 29.8 Å². The third kappa shape index (κ3) is 2.59. The smallest absolute Gasteiger partial charge is 0.244 e. The molecule has 1 atom stereocenters. The number of anilines is 1. The highest BCUT2D eigenvalue weighted by Crippen LogP contribution is 2.38. The monoisotopic (exact) mass is 246 g/mol. The lowest BCUT2D eigenvalue weighted by atomic mass is 9.96. The Hall–Kier alpha value is -1.68. The molecule has 96 valence electrons. The van der Waals surface area contributed by atoms with Crippen LogP contribution in [0.5, 0.6) is 0 Å². The van der Waals surface area contributed by atoms with Gasteiger partial charge in [-0.15, -0.1) is 0 Å². The van der Waals surface area contributed by atoms with Crippen molar-refractivity contribution in [1.29, 1.82) is 0 Å². The van der Waals surface area contributed by atoms with Gasteiger partial charge in [0.25, 0.3) is 0 Å². The van der Waals surface area contributed by atoms with Gasteiger partial charge in [-0.2, -0.15) is 0 Å². The van der Waals surface area contributed by atoms with Crippen LogP contribution in [0.25, 0.3) is 0 Å². The highest BCUT2D eigenvalue weighted by molar-refractivity contribution is 5.99. The quantitative estimate of drug-likeness (QED) is 0.798. The van der Waals surface area contributed by atoms with E-state index in [1.165, 1.54) is 6.92 Å². The summed E-state index contributed by atoms with van der Waals surface area (Å²) in [6.07, 6.45) is 2.04. The van der Waals surface area contributed by atoms with E-state index < -0.39 is 5.54 Å². The molecule has 1 aliphatic carbocycles. The molecule has 0 aliphatic heterocycles. The van der Waals surface area contributed by atoms with E-state index in [0.717, 1.165) is 12.8 Å². The summed E-state index contributed by atoms with van der Waals surface area (Å²) >= 11 is 0. The highest BCUT2D eigenvalue weighted by Gasteiger charge is 2.44. The molecule has 1 saturated carbocycles. The second-order valence-electron chi connectivity index (χ2n) is 5.14. The molecule has 18 heavy (non-hydrogen) atoms. The molecular formula is C14H18N2O2. The molecule has 1 unspecified atom stereocenters. The first-order chi connectivity index (χ1) is 8.41. The van der Waals surface area contributed by atoms with Gasteiger partial charge in [0.1, 0.15) is 0 Å². The van der Waals surface area contributed by atoms with Gasteiger partial charge in [0.15, 0.2) is 5.78 Å². The molecule has 4 nitrogen and oxygen atoms in total. The minimum absolute atomic E-state index is 0.00881. The van der Waals surface area contributed by atoms with Crippen LogP contribution in [-0.4, -0.2) is 17.2 Å². The molecule has 0 aromatic heterocycles. The van der Waals surface area contributed by atoms with E-state index in [0.29, 0.717) is 11.3 Å². The van der Waals surface area contributed by atoms with Crippen LogP contribution in [0.1, 0.15) is 37.0 Å². The Kier molecular flexibility index (Phi) is 3.22. The summed E-state index contributed by atoms with van der Waals surface area (Å²) in [5.74, 6) is 0.129. The van der Waals surface area contributed by atoms with Gasteiger partial charge in [-0.05, 0) is 56.9 Å². The number of nitrogens with one attached hydrogen (secondary N) is 1. The lowest BCUT2D eigenvalue weighted by molar-refractivity contribution is -0.121. The number of carbonyl (C=O) groups is 2. The summed E-state index contributed by atoms with van der Waals surface area (Å²) in [5.41, 5.74) is 6.52. The first-order valence-electron chi connectivity index (χ1n) is 6.12. The predicted octanol–water partition coefficient (Wildman–Crippen LogP) is 1.96. The number of Topliss-reactive ketones (excluding diaryl/α,β-unsaturated/α-hetero) is 1. The molecule has 3 N–H and O–H groups in total. The van der Waals surface area contributed by atoms with Crippen molar-refractivity contribution in [2.24, 2.45) is 11.7 Å². The molecular weight excluding hydrogens is 228 g/mol. The molecule has 1 fully saturated rings. The molecule has 1 aromatic rings. The lowest BCUT2D eigenvalue weighted by Gasteiger charge is -2.23. The topological polar surface area (TPSA) is 72.2 Å². The van der Waals surface area contributed by atoms with Crippen LogP contribution in [-0.2, 0) is 4.79 Å². The largest absolute Gasteiger partial charge is 0.324 e. The minimum atomic E-state index is -0.806. The Morgan fingerprint density at radius 1 is 1.28 bits per heavy atom. The van der Waals surface area contributed by atoms with Crippen molar-refractivity contribution in [1.82, 2.24) is 0 Å². The van der Waals surface area contributed by atoms with Crippen molar-refractivity contribution < 1.29 is 9.59 Å². The molecule has 0 saturated heterocycles. The number of ketones is 1. The third-order valence-electron chi connectivity index (χ3n) is 3.46. The molecule has 2 rings (SSSR count). The number of rotatable bonds is 4. The molecule has 1 aromatic carbocycles. The number of hydrogen-bond donors (Lipinski definition) is 2. The van der Waals surface area contributed by atoms with E-state index in [1.54, 1.807) is 31.2 Å². The van der Waals surface area contributed by atoms with E-state index in [-0.39, 0.29) is 17.6 Å². The summed E-state index contributed by atoms with van der Waals surface area (Å²) in [6, 6.07) is 6.83. The molecule has 4 heteroatoms. The molecule has 0 radical (unpaired) electrons. The van der Waals surface area contributed by atoms with Crippen molar-refractivity contribution in [3.63, 3.8) is 0 Å². The van der Waals surface area contributed by atoms with Crippen molar-refractivity contribution in [2.45, 2.75) is 32.2 Å². The zero-order valence-corrected chi connectivity index (χ0v) is 10.7. The van der Waals surface area contributed by atoms with Gasteiger partial charge in [-0.1, -0.05) is 0 Å². The number of nitrogens with two attached hydrogens (primary N) is 1. The van der Waals surface area contributed by atoms with Gasteiger partial charge < -0.3 is 11.1 Å². The summed E-state index contributed by atoms with van der Waals surface area (Å²) in [5, 5.41) is 2.79. The number of benzene rings is 1. The van der Waals surface area contributed by atoms with Crippen molar-refractivity contribution >= 4 is 17.4 Å². The van der Waals surface area contributed by atoms with Gasteiger partial charge >= 0.3 is 0 Å². The number of hydrogen-bond acceptors (Lipinski definition) is 3. The van der Waals surface area contributed by atoms with Crippen LogP contribution in [0.4, 0.5) is 5.69 Å². The van der Waals surface area contributed by atoms with Crippen LogP contribution >= 0.6 is 0 Å². The minimum Gasteiger partial charge on any atom is -0.324 e. The van der Waals surface area contributed by atoms with Gasteiger partial charge in [0.2, 0.25) is 5.91 Å². The van der Waals surface area contributed by atoms with Crippen LogP contribution in [0.15, 0.2) is 24.3 Å². The average molecular weight is 246 g/mol. The summed E-state index contributed by atoms with van der Waals surface area (Å²) < 4.78 is 0. The Balaban J connectivity index is 2.05. The molecule has 1 amide bonds. The van der Waals surface area contributed by atoms with Crippen LogP contribution in [0.2, 0.25) is 0 Å². The van der Waals surface area contributed by atoms with Crippen molar-refractivity contribution in [3.8, 4) is 0 Å². The van der Waals surface area contributed by atoms with Gasteiger partial charge in [0.05, 0.1) is 5.54 Å². The lowest BCUT2D eigenvalue weighted by Crippen LogP contribution is -2.50. The van der Waals surface area contributed by atoms with Crippen LogP contribution in [0, 0.1) is 5.92 Å². The zero-order chi connectivity index (χ0) is 13.3. The summed E-state index contributed by atoms with van der Waals surface area (Å²) in [6.45, 7) is 3.28. The third-order valence-corrected chi connectivity index (χ3v) is 3.46. The fourth-order valence-corrected chi connectivity index (χ4v) is 1.92. The van der Waals surface area contributed by atoms with Gasteiger partial charge in [0, 0.05) is 11.3 Å². The second kappa shape index (κ2) is 4.53. The van der Waals surface area contributed by atoms with E-state index in [2.05, 4.69) is 5.32 Å². The summed E-state index contributed by atoms with van der Waals surface area (Å²) in [7, 11) is 0. The maximum atomic E-state index is 12.0. The Bertz CT molecular complexity index is 473. The normalized spacial score (nSPS) is 17.9. The Morgan fingerprint density at radius 3 is 2.28 bits per heavy atom. The summed E-state index contributed by atoms with van der Waals surface area (Å²) in [4.78, 5) is 23.2. The first kappa shape index (κ1) is 12.8. The van der Waals surface area contributed by atoms with E-state index in [4.69, 9.17) is 5.73 Å². The maximum Gasteiger partial charge on any atom is 0.244 e. The van der Waals surface area contributed by atoms with E-state index >= 15 is 0 Å². The maximum absolute atomic E-state index is 12.0. The van der Waals surface area contributed by atoms with Gasteiger partial charge in [-0.3, -0.25) is 9.59 Å². The second-order valence-corrected chi connectivity index (χ2v) is 5.14. The van der Waals surface area contributed by atoms with Crippen molar-refractivity contribution in [2.75, 3.05) is 5.32 Å². The standard InChI is InChI=1S/C14H18N2O2/c1-9(17)10-3-7-12(8-4-10)16-13(18)14(2,15)11-5-6-11/h3-4,7-8,11H,5-6,15H2,1-2H3,(H,16,18). The fraction of sp³-hybridized carbons (Fsp3) is 0.429. The zero-order valence-electron chi connectivity index (χ0n) is 10.7. The first-order valence-corrected chi connectivity index (χ1v) is 6.12. The van der Waals surface area contributed by atoms with E-state index in [9.17, 15) is 9.59 Å². The Morgan fingerprint density at radius 2 is 1.83 bits per heavy atom. The SMILES string of the molecule is CC(=O)c1ccc(NC(=O)C(C)(N)C2CC2)cc1. The van der Waals surface area contributed by atoms with E-state index in [1.807, 2.05) is 0 Å². The molecule has 1 aliphatic rings. The van der Waals surface area contributed by atoms with Gasteiger partial charge in [-0.25, -0.2) is 0 Å². The molecule has 0 spiro atoms. The average Bonchev–Trinajstić information content (AvgIpc) is 3.13. The number of amides is 1. The predicted molar refractivity (Wildman–Crippen MR) is 70.4 cm³/mol. The van der Waals surface area contributed by atoms with Crippen LogP contribution in [0.3, 0.4) is 0 Å². The fourth-order valence-electron chi connectivity index (χ4n) is 1.92. The molecule has 0 bridgehead atoms. The molecule has 0 heterocycles. The highest BCUT2D eigenvalue weighted by atomic mass is 16.2. The number of carbonyl (C=O) groups excluding carboxylic acids is 2. The Labute approximate surface area is 107 Å².